The van der Waals surface area contributed by atoms with Crippen LogP contribution in [-0.2, 0) is 4.79 Å². The Kier molecular flexibility index (Phi) is 5.71. The first kappa shape index (κ1) is 15.8. The van der Waals surface area contributed by atoms with Gasteiger partial charge in [-0.15, -0.1) is 10.2 Å². The highest BCUT2D eigenvalue weighted by molar-refractivity contribution is 5.89. The Bertz CT molecular complexity index is 614. The Balaban J connectivity index is 1.98. The highest BCUT2D eigenvalue weighted by Gasteiger charge is 2.05. The number of aromatic nitrogens is 2. The van der Waals surface area contributed by atoms with E-state index >= 15 is 0 Å². The van der Waals surface area contributed by atoms with E-state index in [4.69, 9.17) is 4.74 Å². The summed E-state index contributed by atoms with van der Waals surface area (Å²) in [5.74, 6) is 1.71. The number of hydrogen-bond acceptors (Lipinski definition) is 5. The molecule has 22 heavy (non-hydrogen) atoms. The predicted octanol–water partition coefficient (Wildman–Crippen LogP) is 3.36. The van der Waals surface area contributed by atoms with Gasteiger partial charge in [0.1, 0.15) is 5.75 Å². The standard InChI is InChI=1S/C16H20N4O2/c1-3-4-9-16(21)18-15-11-10-14(19-20-15)17-12-7-5-6-8-13(12)22-2/h5-8,10-11H,3-4,9H2,1-2H3,(H,17,19)(H,18,20,21). The number of amides is 1. The summed E-state index contributed by atoms with van der Waals surface area (Å²) in [4.78, 5) is 11.6. The molecule has 1 aromatic carbocycles. The number of carbonyl (C=O) groups is 1. The van der Waals surface area contributed by atoms with Crippen molar-refractivity contribution < 1.29 is 9.53 Å². The lowest BCUT2D eigenvalue weighted by Crippen LogP contribution is -2.12. The van der Waals surface area contributed by atoms with Crippen LogP contribution in [0.5, 0.6) is 5.75 Å². The number of carbonyl (C=O) groups excluding carboxylic acids is 1. The molecule has 0 saturated heterocycles. The zero-order valence-electron chi connectivity index (χ0n) is 12.8. The van der Waals surface area contributed by atoms with Crippen LogP contribution in [-0.4, -0.2) is 23.2 Å². The van der Waals surface area contributed by atoms with Crippen molar-refractivity contribution in [2.45, 2.75) is 26.2 Å². The summed E-state index contributed by atoms with van der Waals surface area (Å²) in [5, 5.41) is 13.9. The van der Waals surface area contributed by atoms with Crippen LogP contribution in [0.15, 0.2) is 36.4 Å². The van der Waals surface area contributed by atoms with Crippen molar-refractivity contribution in [1.82, 2.24) is 10.2 Å². The number of methoxy groups -OCH3 is 1. The van der Waals surface area contributed by atoms with Gasteiger partial charge in [-0.1, -0.05) is 25.5 Å². The summed E-state index contributed by atoms with van der Waals surface area (Å²) in [6.45, 7) is 2.05. The lowest BCUT2D eigenvalue weighted by Gasteiger charge is -2.10. The minimum Gasteiger partial charge on any atom is -0.495 e. The first-order valence-electron chi connectivity index (χ1n) is 7.26. The number of benzene rings is 1. The number of unbranched alkanes of at least 4 members (excludes halogenated alkanes) is 1. The van der Waals surface area contributed by atoms with Crippen LogP contribution in [0.3, 0.4) is 0 Å². The number of rotatable bonds is 7. The zero-order chi connectivity index (χ0) is 15.8. The second-order valence-corrected chi connectivity index (χ2v) is 4.78. The smallest absolute Gasteiger partial charge is 0.225 e. The third-order valence-electron chi connectivity index (χ3n) is 3.06. The van der Waals surface area contributed by atoms with Gasteiger partial charge in [0.2, 0.25) is 5.91 Å². The highest BCUT2D eigenvalue weighted by atomic mass is 16.5. The van der Waals surface area contributed by atoms with Gasteiger partial charge in [-0.05, 0) is 30.7 Å². The monoisotopic (exact) mass is 300 g/mol. The van der Waals surface area contributed by atoms with Crippen LogP contribution in [0.1, 0.15) is 26.2 Å². The molecule has 0 spiro atoms. The Morgan fingerprint density at radius 1 is 1.14 bits per heavy atom. The van der Waals surface area contributed by atoms with Gasteiger partial charge < -0.3 is 15.4 Å². The third-order valence-corrected chi connectivity index (χ3v) is 3.06. The summed E-state index contributed by atoms with van der Waals surface area (Å²) in [6, 6.07) is 11.0. The summed E-state index contributed by atoms with van der Waals surface area (Å²) >= 11 is 0. The Hall–Kier alpha value is -2.63. The molecule has 116 valence electrons. The lowest BCUT2D eigenvalue weighted by atomic mass is 10.2. The molecule has 2 aromatic rings. The van der Waals surface area contributed by atoms with Crippen molar-refractivity contribution in [3.05, 3.63) is 36.4 Å². The molecule has 2 rings (SSSR count). The first-order chi connectivity index (χ1) is 10.7. The van der Waals surface area contributed by atoms with Crippen LogP contribution < -0.4 is 15.4 Å². The normalized spacial score (nSPS) is 10.1. The number of anilines is 3. The van der Waals surface area contributed by atoms with E-state index in [1.165, 1.54) is 0 Å². The van der Waals surface area contributed by atoms with Gasteiger partial charge in [0.05, 0.1) is 12.8 Å². The van der Waals surface area contributed by atoms with E-state index in [1.807, 2.05) is 31.2 Å². The van der Waals surface area contributed by atoms with Gasteiger partial charge in [0, 0.05) is 6.42 Å². The zero-order valence-corrected chi connectivity index (χ0v) is 12.8. The SMILES string of the molecule is CCCCC(=O)Nc1ccc(Nc2ccccc2OC)nn1. The van der Waals surface area contributed by atoms with Crippen LogP contribution in [0.4, 0.5) is 17.3 Å². The summed E-state index contributed by atoms with van der Waals surface area (Å²) in [7, 11) is 1.61. The van der Waals surface area contributed by atoms with Crippen LogP contribution in [0.25, 0.3) is 0 Å². The molecule has 6 heteroatoms. The van der Waals surface area contributed by atoms with Gasteiger partial charge in [0.25, 0.3) is 0 Å². The molecular weight excluding hydrogens is 280 g/mol. The summed E-state index contributed by atoms with van der Waals surface area (Å²) in [6.07, 6.45) is 2.35. The Morgan fingerprint density at radius 3 is 2.55 bits per heavy atom. The molecule has 0 atom stereocenters. The lowest BCUT2D eigenvalue weighted by molar-refractivity contribution is -0.116. The van der Waals surface area contributed by atoms with E-state index in [1.54, 1.807) is 19.2 Å². The molecule has 0 bridgehead atoms. The van der Waals surface area contributed by atoms with Gasteiger partial charge in [0.15, 0.2) is 11.6 Å². The van der Waals surface area contributed by atoms with Crippen LogP contribution in [0, 0.1) is 0 Å². The van der Waals surface area contributed by atoms with Crippen molar-refractivity contribution in [1.29, 1.82) is 0 Å². The summed E-state index contributed by atoms with van der Waals surface area (Å²) < 4.78 is 5.26. The van der Waals surface area contributed by atoms with Gasteiger partial charge in [-0.2, -0.15) is 0 Å². The molecule has 0 radical (unpaired) electrons. The van der Waals surface area contributed by atoms with Crippen molar-refractivity contribution in [2.75, 3.05) is 17.7 Å². The minimum atomic E-state index is -0.0402. The fourth-order valence-electron chi connectivity index (χ4n) is 1.89. The molecule has 0 saturated carbocycles. The number of nitrogens with zero attached hydrogens (tertiary/aromatic N) is 2. The molecule has 1 amide bonds. The molecule has 0 unspecified atom stereocenters. The number of ether oxygens (including phenoxy) is 1. The van der Waals surface area contributed by atoms with Crippen molar-refractivity contribution >= 4 is 23.2 Å². The van der Waals surface area contributed by atoms with Gasteiger partial charge >= 0.3 is 0 Å². The van der Waals surface area contributed by atoms with Gasteiger partial charge in [-0.3, -0.25) is 4.79 Å². The van der Waals surface area contributed by atoms with E-state index in [2.05, 4.69) is 20.8 Å². The number of hydrogen-bond donors (Lipinski definition) is 2. The average Bonchev–Trinajstić information content (AvgIpc) is 2.55. The molecule has 1 aromatic heterocycles. The second-order valence-electron chi connectivity index (χ2n) is 4.78. The third kappa shape index (κ3) is 4.44. The van der Waals surface area contributed by atoms with E-state index in [9.17, 15) is 4.79 Å². The average molecular weight is 300 g/mol. The molecule has 2 N–H and O–H groups in total. The maximum absolute atomic E-state index is 11.6. The highest BCUT2D eigenvalue weighted by Crippen LogP contribution is 2.25. The number of para-hydroxylation sites is 2. The number of nitrogens with one attached hydrogen (secondary N) is 2. The Morgan fingerprint density at radius 2 is 1.86 bits per heavy atom. The molecule has 0 aliphatic heterocycles. The molecule has 1 heterocycles. The van der Waals surface area contributed by atoms with Crippen molar-refractivity contribution in [2.24, 2.45) is 0 Å². The second kappa shape index (κ2) is 7.97. The fourth-order valence-corrected chi connectivity index (χ4v) is 1.89. The quantitative estimate of drug-likeness (QED) is 0.820. The van der Waals surface area contributed by atoms with E-state index in [-0.39, 0.29) is 5.91 Å². The molecular formula is C16H20N4O2. The van der Waals surface area contributed by atoms with E-state index in [0.717, 1.165) is 24.3 Å². The first-order valence-corrected chi connectivity index (χ1v) is 7.26. The van der Waals surface area contributed by atoms with Crippen LogP contribution >= 0.6 is 0 Å². The van der Waals surface area contributed by atoms with Crippen molar-refractivity contribution in [3.8, 4) is 5.75 Å². The molecule has 6 nitrogen and oxygen atoms in total. The van der Waals surface area contributed by atoms with Gasteiger partial charge in [-0.25, -0.2) is 0 Å². The molecule has 0 fully saturated rings. The van der Waals surface area contributed by atoms with Crippen LogP contribution in [0.2, 0.25) is 0 Å². The predicted molar refractivity (Wildman–Crippen MR) is 86.5 cm³/mol. The molecule has 0 aliphatic carbocycles. The molecule has 0 aliphatic rings. The Labute approximate surface area is 129 Å². The summed E-state index contributed by atoms with van der Waals surface area (Å²) in [5.41, 5.74) is 0.805. The van der Waals surface area contributed by atoms with Crippen molar-refractivity contribution in [3.63, 3.8) is 0 Å². The van der Waals surface area contributed by atoms with E-state index in [0.29, 0.717) is 18.1 Å². The minimum absolute atomic E-state index is 0.0402. The topological polar surface area (TPSA) is 76.1 Å². The van der Waals surface area contributed by atoms with E-state index < -0.39 is 0 Å². The maximum Gasteiger partial charge on any atom is 0.225 e. The fraction of sp³-hybridized carbons (Fsp3) is 0.312. The maximum atomic E-state index is 11.6. The largest absolute Gasteiger partial charge is 0.495 e.